The first-order valence-electron chi connectivity index (χ1n) is 8.96. The summed E-state index contributed by atoms with van der Waals surface area (Å²) >= 11 is 3.54. The summed E-state index contributed by atoms with van der Waals surface area (Å²) in [6, 6.07) is 7.58. The third kappa shape index (κ3) is 4.00. The highest BCUT2D eigenvalue weighted by molar-refractivity contribution is 9.10. The minimum absolute atomic E-state index is 0.0393. The molecule has 0 unspecified atom stereocenters. The van der Waals surface area contributed by atoms with E-state index in [1.54, 1.807) is 13.0 Å². The number of nitrogens with one attached hydrogen (secondary N) is 1. The van der Waals surface area contributed by atoms with Crippen LogP contribution in [-0.2, 0) is 16.4 Å². The molecule has 1 fully saturated rings. The predicted molar refractivity (Wildman–Crippen MR) is 107 cm³/mol. The summed E-state index contributed by atoms with van der Waals surface area (Å²) in [6.07, 6.45) is 3.86. The molecule has 0 radical (unpaired) electrons. The molecule has 0 aliphatic carbocycles. The van der Waals surface area contributed by atoms with Gasteiger partial charge in [-0.2, -0.15) is 0 Å². The van der Waals surface area contributed by atoms with Crippen LogP contribution in [0.3, 0.4) is 0 Å². The van der Waals surface area contributed by atoms with Gasteiger partial charge in [-0.15, -0.1) is 0 Å². The van der Waals surface area contributed by atoms with Gasteiger partial charge in [-0.1, -0.05) is 19.4 Å². The molecule has 0 bridgehead atoms. The maximum atomic E-state index is 12.3. The maximum Gasteiger partial charge on any atom is 0.181 e. The van der Waals surface area contributed by atoms with E-state index in [4.69, 9.17) is 4.74 Å². The smallest absolute Gasteiger partial charge is 0.181 e. The summed E-state index contributed by atoms with van der Waals surface area (Å²) < 4.78 is 30.6. The van der Waals surface area contributed by atoms with Crippen molar-refractivity contribution >= 4 is 25.8 Å². The van der Waals surface area contributed by atoms with Crippen LogP contribution >= 0.6 is 15.9 Å². The molecule has 2 aromatic rings. The van der Waals surface area contributed by atoms with Crippen molar-refractivity contribution in [2.75, 3.05) is 26.0 Å². The molecule has 1 aliphatic rings. The molecule has 0 amide bonds. The number of aromatic amines is 1. The van der Waals surface area contributed by atoms with Crippen molar-refractivity contribution in [3.8, 4) is 17.0 Å². The number of hydrogen-bond donors (Lipinski definition) is 1. The molecule has 3 rings (SSSR count). The van der Waals surface area contributed by atoms with Crippen LogP contribution in [0.15, 0.2) is 33.6 Å². The van der Waals surface area contributed by atoms with Gasteiger partial charge in [0.2, 0.25) is 0 Å². The minimum atomic E-state index is -3.35. The minimum Gasteiger partial charge on any atom is -0.494 e. The average Bonchev–Trinajstić information content (AvgIpc) is 3.10. The molecule has 1 saturated heterocycles. The number of hydrogen-bond acceptors (Lipinski definition) is 4. The first-order chi connectivity index (χ1) is 12.5. The summed E-state index contributed by atoms with van der Waals surface area (Å²) in [5, 5.41) is 0. The van der Waals surface area contributed by atoms with Gasteiger partial charge < -0.3 is 9.72 Å². The van der Waals surface area contributed by atoms with E-state index in [9.17, 15) is 8.42 Å². The summed E-state index contributed by atoms with van der Waals surface area (Å²) in [5.41, 5.74) is 3.00. The van der Waals surface area contributed by atoms with Gasteiger partial charge in [-0.25, -0.2) is 8.42 Å². The molecule has 1 aromatic heterocycles. The van der Waals surface area contributed by atoms with Crippen molar-refractivity contribution < 1.29 is 13.2 Å². The van der Waals surface area contributed by atoms with Gasteiger partial charge in [0.15, 0.2) is 15.6 Å². The molecule has 142 valence electrons. The summed E-state index contributed by atoms with van der Waals surface area (Å²) in [5.74, 6) is 0.397. The van der Waals surface area contributed by atoms with Gasteiger partial charge in [0.05, 0.1) is 17.3 Å². The predicted octanol–water partition coefficient (Wildman–Crippen LogP) is 4.23. The number of ether oxygens (including phenoxy) is 1. The molecular formula is C19H25BrN2O3S. The van der Waals surface area contributed by atoms with Crippen LogP contribution in [0, 0.1) is 0 Å². The van der Waals surface area contributed by atoms with E-state index in [1.807, 2.05) is 12.1 Å². The Hall–Kier alpha value is -1.31. The molecule has 5 nitrogen and oxygen atoms in total. The van der Waals surface area contributed by atoms with Crippen LogP contribution in [-0.4, -0.2) is 44.3 Å². The second-order valence-electron chi connectivity index (χ2n) is 6.60. The van der Waals surface area contributed by atoms with Crippen molar-refractivity contribution in [2.45, 2.75) is 37.6 Å². The van der Waals surface area contributed by atoms with Gasteiger partial charge in [0, 0.05) is 23.5 Å². The molecule has 1 N–H and O–H groups in total. The van der Waals surface area contributed by atoms with Gasteiger partial charge in [0.1, 0.15) is 4.90 Å². The standard InChI is InChI=1S/C19H25BrN2O3S/c1-3-26(23,24)17-10-8-15(18(20)19(17)25-2)16-9-7-14(21-16)13-22-11-5-4-6-12-22/h7-10,21H,3-6,11-13H2,1-2H3. The molecule has 26 heavy (non-hydrogen) atoms. The topological polar surface area (TPSA) is 62.4 Å². The van der Waals surface area contributed by atoms with Gasteiger partial charge in [-0.05, 0) is 60.1 Å². The van der Waals surface area contributed by atoms with Crippen molar-refractivity contribution in [1.82, 2.24) is 9.88 Å². The number of nitrogens with zero attached hydrogens (tertiary/aromatic N) is 1. The Balaban J connectivity index is 1.90. The Morgan fingerprint density at radius 2 is 1.88 bits per heavy atom. The second-order valence-corrected chi connectivity index (χ2v) is 9.64. The summed E-state index contributed by atoms with van der Waals surface area (Å²) in [7, 11) is -1.85. The maximum absolute atomic E-state index is 12.3. The van der Waals surface area contributed by atoms with Crippen molar-refractivity contribution in [1.29, 1.82) is 0 Å². The van der Waals surface area contributed by atoms with E-state index in [2.05, 4.69) is 31.9 Å². The van der Waals surface area contributed by atoms with Crippen molar-refractivity contribution in [2.24, 2.45) is 0 Å². The van der Waals surface area contributed by atoms with Crippen LogP contribution < -0.4 is 4.74 Å². The molecule has 0 atom stereocenters. The monoisotopic (exact) mass is 440 g/mol. The van der Waals surface area contributed by atoms with E-state index in [0.717, 1.165) is 36.6 Å². The van der Waals surface area contributed by atoms with E-state index in [1.165, 1.54) is 26.4 Å². The number of halogens is 1. The fourth-order valence-corrected chi connectivity index (χ4v) is 5.29. The van der Waals surface area contributed by atoms with Gasteiger partial charge >= 0.3 is 0 Å². The Morgan fingerprint density at radius 1 is 1.15 bits per heavy atom. The van der Waals surface area contributed by atoms with Crippen LogP contribution in [0.5, 0.6) is 5.75 Å². The fourth-order valence-electron chi connectivity index (χ4n) is 3.38. The molecule has 1 aromatic carbocycles. The highest BCUT2D eigenvalue weighted by Gasteiger charge is 2.22. The Labute approximate surface area is 163 Å². The summed E-state index contributed by atoms with van der Waals surface area (Å²) in [6.45, 7) is 4.84. The molecular weight excluding hydrogens is 416 g/mol. The molecule has 0 spiro atoms. The zero-order chi connectivity index (χ0) is 18.7. The second kappa shape index (κ2) is 8.15. The highest BCUT2D eigenvalue weighted by atomic mass is 79.9. The lowest BCUT2D eigenvalue weighted by molar-refractivity contribution is 0.219. The number of rotatable bonds is 6. The van der Waals surface area contributed by atoms with E-state index in [-0.39, 0.29) is 10.6 Å². The van der Waals surface area contributed by atoms with Crippen molar-refractivity contribution in [3.63, 3.8) is 0 Å². The van der Waals surface area contributed by atoms with Crippen LogP contribution in [0.4, 0.5) is 0 Å². The van der Waals surface area contributed by atoms with Crippen LogP contribution in [0.2, 0.25) is 0 Å². The SMILES string of the molecule is CCS(=O)(=O)c1ccc(-c2ccc(CN3CCCCC3)[nH]2)c(Br)c1OC. The third-order valence-electron chi connectivity index (χ3n) is 4.86. The number of likely N-dealkylation sites (tertiary alicyclic amines) is 1. The number of methoxy groups -OCH3 is 1. The number of H-pyrrole nitrogens is 1. The molecule has 7 heteroatoms. The van der Waals surface area contributed by atoms with Gasteiger partial charge in [-0.3, -0.25) is 4.90 Å². The van der Waals surface area contributed by atoms with Crippen LogP contribution in [0.25, 0.3) is 11.3 Å². The zero-order valence-electron chi connectivity index (χ0n) is 15.2. The summed E-state index contributed by atoms with van der Waals surface area (Å²) in [4.78, 5) is 6.15. The number of piperidine rings is 1. The van der Waals surface area contributed by atoms with E-state index >= 15 is 0 Å². The molecule has 2 heterocycles. The lowest BCUT2D eigenvalue weighted by Gasteiger charge is -2.25. The first-order valence-corrected chi connectivity index (χ1v) is 11.4. The van der Waals surface area contributed by atoms with Crippen LogP contribution in [0.1, 0.15) is 31.9 Å². The normalized spacial score (nSPS) is 16.0. The quantitative estimate of drug-likeness (QED) is 0.729. The zero-order valence-corrected chi connectivity index (χ0v) is 17.6. The lowest BCUT2D eigenvalue weighted by Crippen LogP contribution is -2.29. The highest BCUT2D eigenvalue weighted by Crippen LogP contribution is 2.40. The lowest BCUT2D eigenvalue weighted by atomic mass is 10.1. The van der Waals surface area contributed by atoms with Gasteiger partial charge in [0.25, 0.3) is 0 Å². The largest absolute Gasteiger partial charge is 0.494 e. The Morgan fingerprint density at radius 3 is 2.54 bits per heavy atom. The third-order valence-corrected chi connectivity index (χ3v) is 7.40. The fraction of sp³-hybridized carbons (Fsp3) is 0.474. The molecule has 1 aliphatic heterocycles. The van der Waals surface area contributed by atoms with E-state index in [0.29, 0.717) is 10.2 Å². The first kappa shape index (κ1) is 19.5. The Bertz CT molecular complexity index is 871. The van der Waals surface area contributed by atoms with E-state index < -0.39 is 9.84 Å². The number of benzene rings is 1. The average molecular weight is 441 g/mol. The molecule has 0 saturated carbocycles. The van der Waals surface area contributed by atoms with Crippen molar-refractivity contribution in [3.05, 3.63) is 34.4 Å². The number of sulfone groups is 1. The Kier molecular flexibility index (Phi) is 6.10. The number of aromatic nitrogens is 1.